The summed E-state index contributed by atoms with van der Waals surface area (Å²) in [5.41, 5.74) is 9.54. The van der Waals surface area contributed by atoms with Crippen molar-refractivity contribution in [3.05, 3.63) is 47.0 Å². The van der Waals surface area contributed by atoms with Crippen molar-refractivity contribution in [2.24, 2.45) is 5.73 Å². The third-order valence-corrected chi connectivity index (χ3v) is 2.97. The van der Waals surface area contributed by atoms with Gasteiger partial charge in [0.15, 0.2) is 0 Å². The summed E-state index contributed by atoms with van der Waals surface area (Å²) in [5, 5.41) is 0. The lowest BCUT2D eigenvalue weighted by atomic mass is 10.2. The molecule has 0 atom stereocenters. The van der Waals surface area contributed by atoms with Gasteiger partial charge in [0, 0.05) is 36.7 Å². The molecule has 0 saturated heterocycles. The van der Waals surface area contributed by atoms with Gasteiger partial charge in [-0.05, 0) is 26.0 Å². The molecule has 2 aromatic heterocycles. The Morgan fingerprint density at radius 2 is 2.00 bits per heavy atom. The summed E-state index contributed by atoms with van der Waals surface area (Å²) >= 11 is 0. The molecular formula is C14H19N5. The highest BCUT2D eigenvalue weighted by Gasteiger charge is 2.08. The molecule has 0 bridgehead atoms. The van der Waals surface area contributed by atoms with Crippen LogP contribution in [-0.4, -0.2) is 22.0 Å². The van der Waals surface area contributed by atoms with Crippen LogP contribution in [0.3, 0.4) is 0 Å². The number of aryl methyl sites for hydroxylation is 2. The number of hydrogen-bond acceptors (Lipinski definition) is 5. The summed E-state index contributed by atoms with van der Waals surface area (Å²) in [6.45, 7) is 5.09. The average molecular weight is 257 g/mol. The SMILES string of the molecule is Cc1cccc(CN(C)c2ncc(CN)c(C)n2)n1. The second-order valence-corrected chi connectivity index (χ2v) is 4.61. The second kappa shape index (κ2) is 5.75. The van der Waals surface area contributed by atoms with Crippen LogP contribution >= 0.6 is 0 Å². The predicted molar refractivity (Wildman–Crippen MR) is 75.7 cm³/mol. The highest BCUT2D eigenvalue weighted by atomic mass is 15.2. The van der Waals surface area contributed by atoms with E-state index in [4.69, 9.17) is 5.73 Å². The van der Waals surface area contributed by atoms with Crippen LogP contribution < -0.4 is 10.6 Å². The van der Waals surface area contributed by atoms with Crippen LogP contribution in [0, 0.1) is 13.8 Å². The van der Waals surface area contributed by atoms with Crippen molar-refractivity contribution in [1.82, 2.24) is 15.0 Å². The van der Waals surface area contributed by atoms with Crippen LogP contribution in [0.2, 0.25) is 0 Å². The maximum Gasteiger partial charge on any atom is 0.225 e. The lowest BCUT2D eigenvalue weighted by Crippen LogP contribution is -2.20. The van der Waals surface area contributed by atoms with E-state index < -0.39 is 0 Å². The van der Waals surface area contributed by atoms with Gasteiger partial charge in [-0.25, -0.2) is 9.97 Å². The Labute approximate surface area is 113 Å². The zero-order chi connectivity index (χ0) is 13.8. The Balaban J connectivity index is 2.15. The molecule has 0 aromatic carbocycles. The van der Waals surface area contributed by atoms with Crippen molar-refractivity contribution in [3.8, 4) is 0 Å². The van der Waals surface area contributed by atoms with Gasteiger partial charge in [0.25, 0.3) is 0 Å². The molecular weight excluding hydrogens is 238 g/mol. The van der Waals surface area contributed by atoms with Gasteiger partial charge in [-0.3, -0.25) is 4.98 Å². The molecule has 5 nitrogen and oxygen atoms in total. The standard InChI is InChI=1S/C14H19N5/c1-10-5-4-6-13(17-10)9-19(3)14-16-8-12(7-15)11(2)18-14/h4-6,8H,7,9,15H2,1-3H3. The van der Waals surface area contributed by atoms with E-state index in [0.29, 0.717) is 19.0 Å². The van der Waals surface area contributed by atoms with Crippen molar-refractivity contribution in [2.75, 3.05) is 11.9 Å². The molecule has 100 valence electrons. The first-order valence-electron chi connectivity index (χ1n) is 6.26. The molecule has 0 radical (unpaired) electrons. The summed E-state index contributed by atoms with van der Waals surface area (Å²) < 4.78 is 0. The van der Waals surface area contributed by atoms with E-state index in [1.54, 1.807) is 6.20 Å². The van der Waals surface area contributed by atoms with Gasteiger partial charge in [-0.1, -0.05) is 6.07 Å². The first kappa shape index (κ1) is 13.4. The molecule has 2 aromatic rings. The Morgan fingerprint density at radius 1 is 1.21 bits per heavy atom. The van der Waals surface area contributed by atoms with E-state index in [1.807, 2.05) is 44.0 Å². The Bertz CT molecular complexity index is 568. The van der Waals surface area contributed by atoms with Crippen molar-refractivity contribution in [3.63, 3.8) is 0 Å². The fraction of sp³-hybridized carbons (Fsp3) is 0.357. The Hall–Kier alpha value is -2.01. The molecule has 0 aliphatic heterocycles. The van der Waals surface area contributed by atoms with Gasteiger partial charge < -0.3 is 10.6 Å². The molecule has 0 unspecified atom stereocenters. The highest BCUT2D eigenvalue weighted by Crippen LogP contribution is 2.12. The van der Waals surface area contributed by atoms with E-state index in [1.165, 1.54) is 0 Å². The van der Waals surface area contributed by atoms with Crippen LogP contribution in [0.5, 0.6) is 0 Å². The summed E-state index contributed by atoms with van der Waals surface area (Å²) in [5.74, 6) is 0.693. The van der Waals surface area contributed by atoms with Crippen LogP contribution in [-0.2, 0) is 13.1 Å². The summed E-state index contributed by atoms with van der Waals surface area (Å²) in [6, 6.07) is 6.00. The molecule has 0 amide bonds. The summed E-state index contributed by atoms with van der Waals surface area (Å²) in [4.78, 5) is 15.3. The van der Waals surface area contributed by atoms with E-state index in [2.05, 4.69) is 15.0 Å². The Kier molecular flexibility index (Phi) is 4.06. The zero-order valence-electron chi connectivity index (χ0n) is 11.6. The zero-order valence-corrected chi connectivity index (χ0v) is 11.6. The largest absolute Gasteiger partial charge is 0.338 e. The topological polar surface area (TPSA) is 67.9 Å². The van der Waals surface area contributed by atoms with Crippen molar-refractivity contribution < 1.29 is 0 Å². The molecule has 2 heterocycles. The summed E-state index contributed by atoms with van der Waals surface area (Å²) in [6.07, 6.45) is 1.79. The van der Waals surface area contributed by atoms with Gasteiger partial charge in [0.05, 0.1) is 12.2 Å². The number of pyridine rings is 1. The third-order valence-electron chi connectivity index (χ3n) is 2.97. The van der Waals surface area contributed by atoms with Crippen molar-refractivity contribution >= 4 is 5.95 Å². The molecule has 2 N–H and O–H groups in total. The van der Waals surface area contributed by atoms with Gasteiger partial charge in [0.1, 0.15) is 0 Å². The molecule has 0 saturated carbocycles. The van der Waals surface area contributed by atoms with Gasteiger partial charge >= 0.3 is 0 Å². The Morgan fingerprint density at radius 3 is 2.63 bits per heavy atom. The average Bonchev–Trinajstić information content (AvgIpc) is 2.38. The lowest BCUT2D eigenvalue weighted by molar-refractivity contribution is 0.822. The fourth-order valence-electron chi connectivity index (χ4n) is 1.87. The number of nitrogens with zero attached hydrogens (tertiary/aromatic N) is 4. The molecule has 0 fully saturated rings. The normalized spacial score (nSPS) is 10.5. The number of anilines is 1. The van der Waals surface area contributed by atoms with E-state index in [0.717, 1.165) is 22.6 Å². The first-order chi connectivity index (χ1) is 9.10. The minimum absolute atomic E-state index is 0.468. The second-order valence-electron chi connectivity index (χ2n) is 4.61. The molecule has 0 aliphatic carbocycles. The molecule has 19 heavy (non-hydrogen) atoms. The minimum atomic E-state index is 0.468. The van der Waals surface area contributed by atoms with Crippen LogP contribution in [0.1, 0.15) is 22.6 Å². The summed E-state index contributed by atoms with van der Waals surface area (Å²) in [7, 11) is 1.96. The van der Waals surface area contributed by atoms with Gasteiger partial charge in [-0.15, -0.1) is 0 Å². The number of hydrogen-bond donors (Lipinski definition) is 1. The van der Waals surface area contributed by atoms with Crippen LogP contribution in [0.15, 0.2) is 24.4 Å². The molecule has 5 heteroatoms. The monoisotopic (exact) mass is 257 g/mol. The molecule has 0 spiro atoms. The minimum Gasteiger partial charge on any atom is -0.338 e. The number of rotatable bonds is 4. The van der Waals surface area contributed by atoms with Crippen molar-refractivity contribution in [2.45, 2.75) is 26.9 Å². The maximum absolute atomic E-state index is 5.61. The quantitative estimate of drug-likeness (QED) is 0.900. The van der Waals surface area contributed by atoms with E-state index >= 15 is 0 Å². The first-order valence-corrected chi connectivity index (χ1v) is 6.26. The van der Waals surface area contributed by atoms with Crippen LogP contribution in [0.25, 0.3) is 0 Å². The lowest BCUT2D eigenvalue weighted by Gasteiger charge is -2.17. The predicted octanol–water partition coefficient (Wildman–Crippen LogP) is 1.58. The van der Waals surface area contributed by atoms with E-state index in [9.17, 15) is 0 Å². The fourth-order valence-corrected chi connectivity index (χ4v) is 1.87. The smallest absolute Gasteiger partial charge is 0.225 e. The molecule has 0 aliphatic rings. The molecule has 2 rings (SSSR count). The van der Waals surface area contributed by atoms with Crippen LogP contribution in [0.4, 0.5) is 5.95 Å². The highest BCUT2D eigenvalue weighted by molar-refractivity contribution is 5.32. The van der Waals surface area contributed by atoms with Gasteiger partial charge in [-0.2, -0.15) is 0 Å². The van der Waals surface area contributed by atoms with E-state index in [-0.39, 0.29) is 0 Å². The van der Waals surface area contributed by atoms with Gasteiger partial charge in [0.2, 0.25) is 5.95 Å². The number of nitrogens with two attached hydrogens (primary N) is 1. The maximum atomic E-state index is 5.61. The number of aromatic nitrogens is 3. The third kappa shape index (κ3) is 3.26. The van der Waals surface area contributed by atoms with Crippen molar-refractivity contribution in [1.29, 1.82) is 0 Å².